The molecular formula is C15H25N3O. The Kier molecular flexibility index (Phi) is 5.76. The van der Waals surface area contributed by atoms with Crippen LogP contribution in [0.1, 0.15) is 31.0 Å². The summed E-state index contributed by atoms with van der Waals surface area (Å²) in [6.45, 7) is 6.90. The molecule has 2 rings (SSSR count). The van der Waals surface area contributed by atoms with Gasteiger partial charge in [0.1, 0.15) is 0 Å². The van der Waals surface area contributed by atoms with Gasteiger partial charge in [0.15, 0.2) is 0 Å². The highest BCUT2D eigenvalue weighted by atomic mass is 16.5. The van der Waals surface area contributed by atoms with Crippen LogP contribution < -0.4 is 5.32 Å². The van der Waals surface area contributed by atoms with Crippen LogP contribution in [-0.2, 0) is 17.9 Å². The van der Waals surface area contributed by atoms with E-state index in [4.69, 9.17) is 4.74 Å². The lowest BCUT2D eigenvalue weighted by atomic mass is 10.1. The van der Waals surface area contributed by atoms with E-state index in [0.29, 0.717) is 12.7 Å². The highest BCUT2D eigenvalue weighted by Crippen LogP contribution is 2.14. The van der Waals surface area contributed by atoms with Crippen LogP contribution in [0.4, 0.5) is 0 Å². The van der Waals surface area contributed by atoms with Gasteiger partial charge in [0.05, 0.1) is 18.4 Å². The Balaban J connectivity index is 1.73. The third-order valence-electron chi connectivity index (χ3n) is 3.60. The quantitative estimate of drug-likeness (QED) is 0.849. The number of likely N-dealkylation sites (tertiary alicyclic amines) is 1. The van der Waals surface area contributed by atoms with Gasteiger partial charge in [-0.15, -0.1) is 0 Å². The molecule has 4 nitrogen and oxygen atoms in total. The van der Waals surface area contributed by atoms with Crippen LogP contribution in [0.25, 0.3) is 0 Å². The Hall–Kier alpha value is -0.970. The smallest absolute Gasteiger partial charge is 0.0891 e. The Bertz CT molecular complexity index is 358. The van der Waals surface area contributed by atoms with E-state index in [1.165, 1.54) is 5.56 Å². The van der Waals surface area contributed by atoms with E-state index in [2.05, 4.69) is 41.3 Å². The Morgan fingerprint density at radius 2 is 2.16 bits per heavy atom. The van der Waals surface area contributed by atoms with Crippen molar-refractivity contribution in [3.8, 4) is 0 Å². The first kappa shape index (κ1) is 14.4. The fraction of sp³-hybridized carbons (Fsp3) is 0.667. The molecule has 106 valence electrons. The van der Waals surface area contributed by atoms with E-state index in [0.717, 1.165) is 44.7 Å². The van der Waals surface area contributed by atoms with Crippen molar-refractivity contribution in [1.29, 1.82) is 0 Å². The summed E-state index contributed by atoms with van der Waals surface area (Å²) >= 11 is 0. The number of ether oxygens (including phenoxy) is 1. The fourth-order valence-electron chi connectivity index (χ4n) is 2.27. The van der Waals surface area contributed by atoms with Crippen LogP contribution in [0.5, 0.6) is 0 Å². The van der Waals surface area contributed by atoms with Gasteiger partial charge in [-0.2, -0.15) is 0 Å². The van der Waals surface area contributed by atoms with Crippen LogP contribution >= 0.6 is 0 Å². The summed E-state index contributed by atoms with van der Waals surface area (Å²) in [6, 6.07) is 4.20. The lowest BCUT2D eigenvalue weighted by Crippen LogP contribution is -2.34. The monoisotopic (exact) mass is 263 g/mol. The Labute approximate surface area is 116 Å². The van der Waals surface area contributed by atoms with Crippen molar-refractivity contribution >= 4 is 0 Å². The average Bonchev–Trinajstić information content (AvgIpc) is 2.46. The van der Waals surface area contributed by atoms with Crippen LogP contribution in [0.3, 0.4) is 0 Å². The molecule has 2 heterocycles. The summed E-state index contributed by atoms with van der Waals surface area (Å²) in [5, 5.41) is 3.30. The molecule has 1 aliphatic heterocycles. The summed E-state index contributed by atoms with van der Waals surface area (Å²) in [4.78, 5) is 6.81. The number of piperidine rings is 1. The maximum Gasteiger partial charge on any atom is 0.0891 e. The van der Waals surface area contributed by atoms with Crippen LogP contribution in [0, 0.1) is 0 Å². The van der Waals surface area contributed by atoms with Crippen molar-refractivity contribution in [2.45, 2.75) is 39.0 Å². The van der Waals surface area contributed by atoms with Gasteiger partial charge in [-0.3, -0.25) is 4.98 Å². The lowest BCUT2D eigenvalue weighted by molar-refractivity contribution is 0.000748. The van der Waals surface area contributed by atoms with Crippen LogP contribution in [0.15, 0.2) is 18.3 Å². The Morgan fingerprint density at radius 3 is 2.79 bits per heavy atom. The molecule has 1 aromatic heterocycles. The van der Waals surface area contributed by atoms with Crippen molar-refractivity contribution in [3.63, 3.8) is 0 Å². The molecule has 1 aromatic rings. The van der Waals surface area contributed by atoms with Gasteiger partial charge in [0.25, 0.3) is 0 Å². The zero-order chi connectivity index (χ0) is 13.5. The second kappa shape index (κ2) is 7.58. The van der Waals surface area contributed by atoms with E-state index in [-0.39, 0.29) is 0 Å². The minimum Gasteiger partial charge on any atom is -0.372 e. The van der Waals surface area contributed by atoms with E-state index in [1.54, 1.807) is 0 Å². The normalized spacial score (nSPS) is 17.8. The number of hydrogen-bond donors (Lipinski definition) is 1. The van der Waals surface area contributed by atoms with Gasteiger partial charge in [0, 0.05) is 25.8 Å². The summed E-state index contributed by atoms with van der Waals surface area (Å²) in [5.41, 5.74) is 2.25. The van der Waals surface area contributed by atoms with Gasteiger partial charge < -0.3 is 15.0 Å². The van der Waals surface area contributed by atoms with Crippen molar-refractivity contribution in [3.05, 3.63) is 29.6 Å². The van der Waals surface area contributed by atoms with Crippen LogP contribution in [-0.4, -0.2) is 42.7 Å². The van der Waals surface area contributed by atoms with Crippen molar-refractivity contribution < 1.29 is 4.74 Å². The second-order valence-corrected chi connectivity index (χ2v) is 5.25. The van der Waals surface area contributed by atoms with Gasteiger partial charge in [0.2, 0.25) is 0 Å². The predicted molar refractivity (Wildman–Crippen MR) is 76.9 cm³/mol. The number of rotatable bonds is 6. The third-order valence-corrected chi connectivity index (χ3v) is 3.60. The number of aromatic nitrogens is 1. The lowest BCUT2D eigenvalue weighted by Gasteiger charge is -2.28. The molecule has 0 aliphatic carbocycles. The molecule has 4 heteroatoms. The SMILES string of the molecule is CCNCc1ccc(COC2CCN(C)CC2)nc1. The van der Waals surface area contributed by atoms with E-state index in [1.807, 2.05) is 6.20 Å². The number of nitrogens with zero attached hydrogens (tertiary/aromatic N) is 2. The van der Waals surface area contributed by atoms with E-state index < -0.39 is 0 Å². The predicted octanol–water partition coefficient (Wildman–Crippen LogP) is 1.80. The molecule has 0 spiro atoms. The van der Waals surface area contributed by atoms with E-state index in [9.17, 15) is 0 Å². The molecule has 1 aliphatic rings. The second-order valence-electron chi connectivity index (χ2n) is 5.25. The summed E-state index contributed by atoms with van der Waals surface area (Å²) in [5.74, 6) is 0. The van der Waals surface area contributed by atoms with Gasteiger partial charge in [-0.05, 0) is 38.1 Å². The van der Waals surface area contributed by atoms with Gasteiger partial charge in [-0.25, -0.2) is 0 Å². The van der Waals surface area contributed by atoms with Crippen LogP contribution in [0.2, 0.25) is 0 Å². The molecular weight excluding hydrogens is 238 g/mol. The molecule has 0 atom stereocenters. The third kappa shape index (κ3) is 4.90. The van der Waals surface area contributed by atoms with Gasteiger partial charge in [-0.1, -0.05) is 13.0 Å². The van der Waals surface area contributed by atoms with E-state index >= 15 is 0 Å². The molecule has 1 N–H and O–H groups in total. The standard InChI is InChI=1S/C15H25N3O/c1-3-16-10-13-4-5-14(17-11-13)12-19-15-6-8-18(2)9-7-15/h4-5,11,15-16H,3,6-10,12H2,1-2H3. The maximum atomic E-state index is 5.93. The first-order valence-corrected chi connectivity index (χ1v) is 7.22. The number of nitrogens with one attached hydrogen (secondary N) is 1. The highest BCUT2D eigenvalue weighted by Gasteiger charge is 2.16. The highest BCUT2D eigenvalue weighted by molar-refractivity contribution is 5.13. The number of hydrogen-bond acceptors (Lipinski definition) is 4. The average molecular weight is 263 g/mol. The van der Waals surface area contributed by atoms with Crippen molar-refractivity contribution in [2.75, 3.05) is 26.7 Å². The summed E-state index contributed by atoms with van der Waals surface area (Å²) < 4.78 is 5.93. The first-order valence-electron chi connectivity index (χ1n) is 7.22. The Morgan fingerprint density at radius 1 is 1.37 bits per heavy atom. The molecule has 0 aromatic carbocycles. The summed E-state index contributed by atoms with van der Waals surface area (Å²) in [6.07, 6.45) is 4.61. The molecule has 0 amide bonds. The maximum absolute atomic E-state index is 5.93. The minimum atomic E-state index is 0.402. The molecule has 1 saturated heterocycles. The minimum absolute atomic E-state index is 0.402. The fourth-order valence-corrected chi connectivity index (χ4v) is 2.27. The molecule has 0 radical (unpaired) electrons. The molecule has 1 fully saturated rings. The largest absolute Gasteiger partial charge is 0.372 e. The van der Waals surface area contributed by atoms with Crippen molar-refractivity contribution in [2.24, 2.45) is 0 Å². The van der Waals surface area contributed by atoms with Gasteiger partial charge >= 0.3 is 0 Å². The molecule has 19 heavy (non-hydrogen) atoms. The first-order chi connectivity index (χ1) is 9.28. The molecule has 0 bridgehead atoms. The zero-order valence-electron chi connectivity index (χ0n) is 12.1. The van der Waals surface area contributed by atoms with Crippen molar-refractivity contribution in [1.82, 2.24) is 15.2 Å². The topological polar surface area (TPSA) is 37.4 Å². The summed E-state index contributed by atoms with van der Waals surface area (Å²) in [7, 11) is 2.17. The molecule has 0 saturated carbocycles. The number of pyridine rings is 1. The zero-order valence-corrected chi connectivity index (χ0v) is 12.1. The molecule has 0 unspecified atom stereocenters.